The van der Waals surface area contributed by atoms with Crippen LogP contribution in [0.3, 0.4) is 0 Å². The Morgan fingerprint density at radius 2 is 1.80 bits per heavy atom. The third-order valence-electron chi connectivity index (χ3n) is 5.69. The zero-order valence-electron chi connectivity index (χ0n) is 16.7. The van der Waals surface area contributed by atoms with Gasteiger partial charge in [-0.15, -0.1) is 0 Å². The minimum absolute atomic E-state index is 0.00495. The highest BCUT2D eigenvalue weighted by Crippen LogP contribution is 2.30. The van der Waals surface area contributed by atoms with E-state index in [2.05, 4.69) is 22.3 Å². The molecule has 0 bridgehead atoms. The average Bonchev–Trinajstić information content (AvgIpc) is 3.22. The van der Waals surface area contributed by atoms with E-state index in [0.717, 1.165) is 25.2 Å². The van der Waals surface area contributed by atoms with E-state index in [9.17, 15) is 19.7 Å². The van der Waals surface area contributed by atoms with Gasteiger partial charge in [0.1, 0.15) is 5.75 Å². The first-order chi connectivity index (χ1) is 14.5. The highest BCUT2D eigenvalue weighted by molar-refractivity contribution is 6.47. The van der Waals surface area contributed by atoms with Crippen LogP contribution >= 0.6 is 0 Å². The van der Waals surface area contributed by atoms with Crippen LogP contribution in [0.1, 0.15) is 39.9 Å². The van der Waals surface area contributed by atoms with Gasteiger partial charge in [-0.1, -0.05) is 36.4 Å². The quantitative estimate of drug-likeness (QED) is 0.629. The second-order valence-corrected chi connectivity index (χ2v) is 7.96. The zero-order valence-corrected chi connectivity index (χ0v) is 16.7. The molecule has 2 aromatic carbocycles. The van der Waals surface area contributed by atoms with Gasteiger partial charge >= 0.3 is 13.1 Å². The number of hydrogen-bond donors (Lipinski definition) is 3. The molecule has 3 N–H and O–H groups in total. The minimum Gasteiger partial charge on any atom is -0.534 e. The summed E-state index contributed by atoms with van der Waals surface area (Å²) >= 11 is 0. The number of nitrogens with one attached hydrogen (secondary N) is 1. The molecule has 8 heteroatoms. The summed E-state index contributed by atoms with van der Waals surface area (Å²) in [5.74, 6) is -1.80. The van der Waals surface area contributed by atoms with E-state index in [-0.39, 0.29) is 23.6 Å². The fourth-order valence-corrected chi connectivity index (χ4v) is 4.12. The Hall–Kier alpha value is -2.84. The van der Waals surface area contributed by atoms with Crippen LogP contribution < -0.4 is 9.97 Å². The molecule has 30 heavy (non-hydrogen) atoms. The Kier molecular flexibility index (Phi) is 6.06. The van der Waals surface area contributed by atoms with Crippen molar-refractivity contribution in [2.75, 3.05) is 13.1 Å². The lowest BCUT2D eigenvalue weighted by Crippen LogP contribution is -2.53. The number of carboxylic acid groups (broad SMARTS) is 1. The molecule has 2 aromatic rings. The molecule has 2 aliphatic heterocycles. The van der Waals surface area contributed by atoms with Crippen LogP contribution in [0, 0.1) is 0 Å². The van der Waals surface area contributed by atoms with Crippen LogP contribution in [-0.4, -0.2) is 53.1 Å². The van der Waals surface area contributed by atoms with Crippen molar-refractivity contribution in [1.29, 1.82) is 0 Å². The van der Waals surface area contributed by atoms with E-state index in [1.165, 1.54) is 24.5 Å². The fraction of sp³-hybridized carbons (Fsp3) is 0.364. The summed E-state index contributed by atoms with van der Waals surface area (Å²) in [5, 5.41) is 22.4. The first-order valence-corrected chi connectivity index (χ1v) is 10.3. The largest absolute Gasteiger partial charge is 0.547 e. The van der Waals surface area contributed by atoms with E-state index in [1.54, 1.807) is 12.1 Å². The minimum atomic E-state index is -1.30. The third kappa shape index (κ3) is 4.66. The maximum Gasteiger partial charge on any atom is 0.547 e. The van der Waals surface area contributed by atoms with Gasteiger partial charge in [-0.25, -0.2) is 4.79 Å². The molecule has 2 aliphatic rings. The maximum atomic E-state index is 12.5. The monoisotopic (exact) mass is 408 g/mol. The van der Waals surface area contributed by atoms with E-state index in [0.29, 0.717) is 12.0 Å². The number of carboxylic acids is 1. The standard InChI is InChI=1S/C22H25BN2O5/c26-20(12-15-6-8-16(9-7-15)14-25-10-1-2-11-25)24-19-13-17-4-3-5-18(22(27)28)21(17)30-23(19)29/h3-9,19,29H,1-2,10-14H2,(H,24,26)(H,27,28)/t19-/m0/s1. The van der Waals surface area contributed by atoms with Crippen molar-refractivity contribution in [3.8, 4) is 5.75 Å². The van der Waals surface area contributed by atoms with Gasteiger partial charge in [-0.05, 0) is 55.1 Å². The van der Waals surface area contributed by atoms with E-state index < -0.39 is 19.0 Å². The Balaban J connectivity index is 1.35. The van der Waals surface area contributed by atoms with Crippen LogP contribution in [-0.2, 0) is 24.2 Å². The lowest BCUT2D eigenvalue weighted by molar-refractivity contribution is -0.120. The van der Waals surface area contributed by atoms with Crippen molar-refractivity contribution < 1.29 is 24.4 Å². The number of benzene rings is 2. The fourth-order valence-electron chi connectivity index (χ4n) is 4.12. The molecule has 0 unspecified atom stereocenters. The predicted molar refractivity (Wildman–Crippen MR) is 112 cm³/mol. The SMILES string of the molecule is O=C(Cc1ccc(CN2CCCC2)cc1)N[C@H]1Cc2cccc(C(=O)O)c2OB1O. The number of carbonyl (C=O) groups is 2. The smallest absolute Gasteiger partial charge is 0.534 e. The van der Waals surface area contributed by atoms with Crippen LogP contribution in [0.15, 0.2) is 42.5 Å². The van der Waals surface area contributed by atoms with E-state index in [4.69, 9.17) is 4.65 Å². The van der Waals surface area contributed by atoms with E-state index >= 15 is 0 Å². The summed E-state index contributed by atoms with van der Waals surface area (Å²) in [4.78, 5) is 26.3. The maximum absolute atomic E-state index is 12.5. The van der Waals surface area contributed by atoms with Gasteiger partial charge in [0.25, 0.3) is 0 Å². The second-order valence-electron chi connectivity index (χ2n) is 7.96. The number of para-hydroxylation sites is 1. The molecule has 0 aliphatic carbocycles. The molecule has 0 radical (unpaired) electrons. The highest BCUT2D eigenvalue weighted by Gasteiger charge is 2.37. The number of nitrogens with zero attached hydrogens (tertiary/aromatic N) is 1. The van der Waals surface area contributed by atoms with Gasteiger partial charge in [-0.3, -0.25) is 9.69 Å². The van der Waals surface area contributed by atoms with Crippen LogP contribution in [0.5, 0.6) is 5.75 Å². The number of hydrogen-bond acceptors (Lipinski definition) is 5. The van der Waals surface area contributed by atoms with Gasteiger partial charge in [0.15, 0.2) is 0 Å². The van der Waals surface area contributed by atoms with Crippen molar-refractivity contribution in [1.82, 2.24) is 10.2 Å². The summed E-state index contributed by atoms with van der Waals surface area (Å²) in [6, 6.07) is 12.9. The van der Waals surface area contributed by atoms with E-state index in [1.807, 2.05) is 12.1 Å². The molecular weight excluding hydrogens is 383 g/mol. The summed E-state index contributed by atoms with van der Waals surface area (Å²) in [5.41, 5.74) is 2.79. The highest BCUT2D eigenvalue weighted by atomic mass is 16.5. The van der Waals surface area contributed by atoms with Crippen LogP contribution in [0.4, 0.5) is 0 Å². The number of aromatic carboxylic acids is 1. The molecule has 1 amide bonds. The number of carbonyl (C=O) groups excluding carboxylic acids is 1. The molecule has 0 aromatic heterocycles. The summed E-state index contributed by atoms with van der Waals surface area (Å²) in [7, 11) is -1.30. The predicted octanol–water partition coefficient (Wildman–Crippen LogP) is 1.66. The first kappa shape index (κ1) is 20.4. The van der Waals surface area contributed by atoms with Gasteiger partial charge in [0.2, 0.25) is 5.91 Å². The van der Waals surface area contributed by atoms with Gasteiger partial charge in [-0.2, -0.15) is 0 Å². The molecular formula is C22H25BN2O5. The molecule has 4 rings (SSSR count). The Labute approximate surface area is 175 Å². The topological polar surface area (TPSA) is 99.1 Å². The number of amides is 1. The summed E-state index contributed by atoms with van der Waals surface area (Å²) in [6.45, 7) is 3.23. The molecule has 0 saturated carbocycles. The molecule has 156 valence electrons. The van der Waals surface area contributed by atoms with Crippen molar-refractivity contribution in [2.45, 2.75) is 38.2 Å². The van der Waals surface area contributed by atoms with Crippen molar-refractivity contribution in [3.05, 3.63) is 64.7 Å². The normalized spacial score (nSPS) is 18.6. The molecule has 1 fully saturated rings. The molecule has 7 nitrogen and oxygen atoms in total. The molecule has 1 saturated heterocycles. The van der Waals surface area contributed by atoms with Gasteiger partial charge in [0, 0.05) is 6.54 Å². The average molecular weight is 408 g/mol. The first-order valence-electron chi connectivity index (χ1n) is 10.3. The lowest BCUT2D eigenvalue weighted by atomic mass is 9.72. The number of likely N-dealkylation sites (tertiary alicyclic amines) is 1. The third-order valence-corrected chi connectivity index (χ3v) is 5.69. The Morgan fingerprint density at radius 1 is 1.10 bits per heavy atom. The van der Waals surface area contributed by atoms with Crippen molar-refractivity contribution in [2.24, 2.45) is 0 Å². The Bertz CT molecular complexity index is 928. The molecule has 2 heterocycles. The Morgan fingerprint density at radius 3 is 2.50 bits per heavy atom. The lowest BCUT2D eigenvalue weighted by Gasteiger charge is -2.28. The summed E-state index contributed by atoms with van der Waals surface area (Å²) in [6.07, 6.45) is 3.03. The van der Waals surface area contributed by atoms with Gasteiger partial charge in [0.05, 0.1) is 17.9 Å². The van der Waals surface area contributed by atoms with Crippen LogP contribution in [0.25, 0.3) is 0 Å². The second kappa shape index (κ2) is 8.89. The molecule has 1 atom stereocenters. The zero-order chi connectivity index (χ0) is 21.1. The van der Waals surface area contributed by atoms with Gasteiger partial charge < -0.3 is 20.1 Å². The van der Waals surface area contributed by atoms with Crippen molar-refractivity contribution >= 4 is 19.0 Å². The number of rotatable bonds is 6. The number of fused-ring (bicyclic) bond motifs is 1. The summed E-state index contributed by atoms with van der Waals surface area (Å²) < 4.78 is 5.42. The van der Waals surface area contributed by atoms with Crippen molar-refractivity contribution in [3.63, 3.8) is 0 Å². The molecule has 0 spiro atoms. The van der Waals surface area contributed by atoms with Crippen LogP contribution in [0.2, 0.25) is 0 Å².